The van der Waals surface area contributed by atoms with Gasteiger partial charge in [0.05, 0.1) is 0 Å². The van der Waals surface area contributed by atoms with E-state index in [2.05, 4.69) is 17.1 Å². The number of rotatable bonds is 7. The first-order valence-electron chi connectivity index (χ1n) is 9.27. The Labute approximate surface area is 141 Å². The molecule has 5 heteroatoms. The van der Waals surface area contributed by atoms with Crippen LogP contribution >= 0.6 is 0 Å². The maximum Gasteiger partial charge on any atom is 0.410 e. The van der Waals surface area contributed by atoms with Crippen LogP contribution in [0.15, 0.2) is 0 Å². The van der Waals surface area contributed by atoms with Crippen molar-refractivity contribution in [3.05, 3.63) is 0 Å². The van der Waals surface area contributed by atoms with Crippen LogP contribution in [-0.4, -0.2) is 65.8 Å². The summed E-state index contributed by atoms with van der Waals surface area (Å²) >= 11 is 0. The predicted octanol–water partition coefficient (Wildman–Crippen LogP) is 2.85. The van der Waals surface area contributed by atoms with Gasteiger partial charge >= 0.3 is 6.09 Å². The number of amides is 1. The van der Waals surface area contributed by atoms with Crippen LogP contribution in [0.5, 0.6) is 0 Å². The second kappa shape index (κ2) is 7.84. The molecule has 5 nitrogen and oxygen atoms in total. The second-order valence-electron chi connectivity index (χ2n) is 8.08. The standard InChI is InChI=1S/C18H35N3O2/c1-6-20(17(22)23-18(3,4)5)11-7-10-19-15-12-14(2)21(13-15)16-8-9-16/h14-16,19H,6-13H2,1-5H3. The fourth-order valence-corrected chi connectivity index (χ4v) is 3.40. The first kappa shape index (κ1) is 18.5. The van der Waals surface area contributed by atoms with E-state index in [1.54, 1.807) is 4.90 Å². The molecule has 23 heavy (non-hydrogen) atoms. The molecule has 0 aromatic heterocycles. The molecule has 1 aliphatic carbocycles. The molecule has 2 aliphatic rings. The average Bonchev–Trinajstić information content (AvgIpc) is 3.21. The zero-order valence-electron chi connectivity index (χ0n) is 15.6. The summed E-state index contributed by atoms with van der Waals surface area (Å²) in [6, 6.07) is 2.19. The predicted molar refractivity (Wildman–Crippen MR) is 93.7 cm³/mol. The van der Waals surface area contributed by atoms with E-state index in [-0.39, 0.29) is 6.09 Å². The molecule has 1 N–H and O–H groups in total. The summed E-state index contributed by atoms with van der Waals surface area (Å²) < 4.78 is 5.44. The van der Waals surface area contributed by atoms with Crippen LogP contribution in [-0.2, 0) is 4.74 Å². The highest BCUT2D eigenvalue weighted by atomic mass is 16.6. The van der Waals surface area contributed by atoms with Crippen molar-refractivity contribution in [1.82, 2.24) is 15.1 Å². The van der Waals surface area contributed by atoms with E-state index in [4.69, 9.17) is 4.74 Å². The average molecular weight is 325 g/mol. The summed E-state index contributed by atoms with van der Waals surface area (Å²) in [7, 11) is 0. The van der Waals surface area contributed by atoms with Crippen LogP contribution in [0.25, 0.3) is 0 Å². The van der Waals surface area contributed by atoms with Crippen LogP contribution < -0.4 is 5.32 Å². The molecule has 0 radical (unpaired) electrons. The molecule has 2 unspecified atom stereocenters. The summed E-state index contributed by atoms with van der Waals surface area (Å²) in [6.45, 7) is 13.7. The molecule has 134 valence electrons. The van der Waals surface area contributed by atoms with Crippen molar-refractivity contribution in [2.75, 3.05) is 26.2 Å². The van der Waals surface area contributed by atoms with Crippen LogP contribution in [0.4, 0.5) is 4.79 Å². The molecule has 2 rings (SSSR count). The zero-order valence-corrected chi connectivity index (χ0v) is 15.6. The highest BCUT2D eigenvalue weighted by Crippen LogP contribution is 2.33. The third-order valence-corrected chi connectivity index (χ3v) is 4.71. The van der Waals surface area contributed by atoms with Gasteiger partial charge in [-0.25, -0.2) is 4.79 Å². The van der Waals surface area contributed by atoms with Gasteiger partial charge in [-0.2, -0.15) is 0 Å². The van der Waals surface area contributed by atoms with E-state index >= 15 is 0 Å². The van der Waals surface area contributed by atoms with E-state index in [0.717, 1.165) is 25.6 Å². The Balaban J connectivity index is 1.63. The van der Waals surface area contributed by atoms with Gasteiger partial charge in [-0.1, -0.05) is 0 Å². The Kier molecular flexibility index (Phi) is 6.32. The lowest BCUT2D eigenvalue weighted by Crippen LogP contribution is -2.39. The molecule has 1 heterocycles. The molecular weight excluding hydrogens is 290 g/mol. The van der Waals surface area contributed by atoms with Crippen LogP contribution in [0.2, 0.25) is 0 Å². The summed E-state index contributed by atoms with van der Waals surface area (Å²) in [6.07, 6.45) is 4.80. The summed E-state index contributed by atoms with van der Waals surface area (Å²) in [5.74, 6) is 0. The molecule has 1 saturated carbocycles. The van der Waals surface area contributed by atoms with E-state index in [1.807, 2.05) is 27.7 Å². The maximum absolute atomic E-state index is 12.1. The van der Waals surface area contributed by atoms with Crippen molar-refractivity contribution in [3.8, 4) is 0 Å². The summed E-state index contributed by atoms with van der Waals surface area (Å²) in [5.41, 5.74) is -0.422. The Morgan fingerprint density at radius 1 is 1.35 bits per heavy atom. The molecule has 1 amide bonds. The Morgan fingerprint density at radius 3 is 2.61 bits per heavy atom. The third kappa shape index (κ3) is 5.96. The lowest BCUT2D eigenvalue weighted by molar-refractivity contribution is 0.0258. The molecule has 0 bridgehead atoms. The van der Waals surface area contributed by atoms with Crippen molar-refractivity contribution in [2.45, 2.75) is 84.0 Å². The van der Waals surface area contributed by atoms with Crippen molar-refractivity contribution in [1.29, 1.82) is 0 Å². The highest BCUT2D eigenvalue weighted by Gasteiger charge is 2.38. The third-order valence-electron chi connectivity index (χ3n) is 4.71. The van der Waals surface area contributed by atoms with Crippen LogP contribution in [0, 0.1) is 0 Å². The number of hydrogen-bond acceptors (Lipinski definition) is 4. The van der Waals surface area contributed by atoms with Crippen LogP contribution in [0.1, 0.15) is 60.3 Å². The molecule has 0 aromatic rings. The minimum atomic E-state index is -0.422. The molecule has 0 spiro atoms. The first-order valence-corrected chi connectivity index (χ1v) is 9.27. The van der Waals surface area contributed by atoms with Gasteiger partial charge in [-0.3, -0.25) is 4.90 Å². The second-order valence-corrected chi connectivity index (χ2v) is 8.08. The van der Waals surface area contributed by atoms with Gasteiger partial charge in [0.2, 0.25) is 0 Å². The summed E-state index contributed by atoms with van der Waals surface area (Å²) in [5, 5.41) is 3.67. The number of ether oxygens (including phenoxy) is 1. The molecule has 1 saturated heterocycles. The van der Waals surface area contributed by atoms with Gasteiger partial charge in [-0.15, -0.1) is 0 Å². The topological polar surface area (TPSA) is 44.8 Å². The van der Waals surface area contributed by atoms with Gasteiger partial charge < -0.3 is 15.0 Å². The number of hydrogen-bond donors (Lipinski definition) is 1. The Morgan fingerprint density at radius 2 is 2.04 bits per heavy atom. The number of likely N-dealkylation sites (tertiary alicyclic amines) is 1. The maximum atomic E-state index is 12.1. The zero-order chi connectivity index (χ0) is 17.0. The van der Waals surface area contributed by atoms with Crippen molar-refractivity contribution in [3.63, 3.8) is 0 Å². The highest BCUT2D eigenvalue weighted by molar-refractivity contribution is 5.68. The summed E-state index contributed by atoms with van der Waals surface area (Å²) in [4.78, 5) is 16.5. The fourth-order valence-electron chi connectivity index (χ4n) is 3.40. The van der Waals surface area contributed by atoms with Crippen molar-refractivity contribution in [2.24, 2.45) is 0 Å². The lowest BCUT2D eigenvalue weighted by Gasteiger charge is -2.26. The van der Waals surface area contributed by atoms with Crippen molar-refractivity contribution < 1.29 is 9.53 Å². The fraction of sp³-hybridized carbons (Fsp3) is 0.944. The van der Waals surface area contributed by atoms with Gasteiger partial charge in [0.1, 0.15) is 5.60 Å². The van der Waals surface area contributed by atoms with E-state index in [0.29, 0.717) is 18.6 Å². The molecular formula is C18H35N3O2. The van der Waals surface area contributed by atoms with Gasteiger partial charge in [-0.05, 0) is 66.8 Å². The quantitative estimate of drug-likeness (QED) is 0.731. The van der Waals surface area contributed by atoms with Gasteiger partial charge in [0.25, 0.3) is 0 Å². The molecule has 2 atom stereocenters. The molecule has 0 aromatic carbocycles. The number of nitrogens with zero attached hydrogens (tertiary/aromatic N) is 2. The van der Waals surface area contributed by atoms with E-state index in [9.17, 15) is 4.79 Å². The largest absolute Gasteiger partial charge is 0.444 e. The molecule has 2 fully saturated rings. The minimum absolute atomic E-state index is 0.200. The monoisotopic (exact) mass is 325 g/mol. The smallest absolute Gasteiger partial charge is 0.410 e. The number of carbonyl (C=O) groups is 1. The number of nitrogens with one attached hydrogen (secondary N) is 1. The van der Waals surface area contributed by atoms with E-state index in [1.165, 1.54) is 25.8 Å². The normalized spacial score (nSPS) is 25.6. The minimum Gasteiger partial charge on any atom is -0.444 e. The van der Waals surface area contributed by atoms with Crippen LogP contribution in [0.3, 0.4) is 0 Å². The molecule has 1 aliphatic heterocycles. The SMILES string of the molecule is CCN(CCCNC1CC(C)N(C2CC2)C1)C(=O)OC(C)(C)C. The lowest BCUT2D eigenvalue weighted by atomic mass is 10.2. The van der Waals surface area contributed by atoms with Crippen molar-refractivity contribution >= 4 is 6.09 Å². The Bertz CT molecular complexity index is 390. The Hall–Kier alpha value is -0.810. The number of carbonyl (C=O) groups excluding carboxylic acids is 1. The first-order chi connectivity index (χ1) is 10.8. The van der Waals surface area contributed by atoms with Gasteiger partial charge in [0, 0.05) is 37.8 Å². The van der Waals surface area contributed by atoms with E-state index < -0.39 is 5.60 Å². The van der Waals surface area contributed by atoms with Gasteiger partial charge in [0.15, 0.2) is 0 Å².